The van der Waals surface area contributed by atoms with Gasteiger partial charge in [-0.15, -0.1) is 17.8 Å². The van der Waals surface area contributed by atoms with Crippen LogP contribution in [0.4, 0.5) is 0 Å². The third-order valence-corrected chi connectivity index (χ3v) is 6.44. The third kappa shape index (κ3) is 3.41. The quantitative estimate of drug-likeness (QED) is 0.781. The minimum absolute atomic E-state index is 0.148. The van der Waals surface area contributed by atoms with E-state index in [2.05, 4.69) is 11.2 Å². The molecule has 1 aliphatic carbocycles. The van der Waals surface area contributed by atoms with Crippen LogP contribution in [0.3, 0.4) is 0 Å². The second-order valence-electron chi connectivity index (χ2n) is 5.11. The molecule has 1 aromatic heterocycles. The van der Waals surface area contributed by atoms with E-state index in [0.29, 0.717) is 23.9 Å². The fraction of sp³-hybridized carbons (Fsp3) is 0.571. The van der Waals surface area contributed by atoms with Gasteiger partial charge in [0.25, 0.3) is 0 Å². The third-order valence-electron chi connectivity index (χ3n) is 3.32. The summed E-state index contributed by atoms with van der Waals surface area (Å²) in [5.41, 5.74) is 0. The number of aryl methyl sites for hydroxylation is 1. The number of hydrogen-bond donors (Lipinski definition) is 1. The highest BCUT2D eigenvalue weighted by molar-refractivity contribution is 7.89. The minimum atomic E-state index is -3.47. The first kappa shape index (κ1) is 15.5. The van der Waals surface area contributed by atoms with Crippen molar-refractivity contribution in [1.82, 2.24) is 9.62 Å². The maximum absolute atomic E-state index is 12.7. The van der Waals surface area contributed by atoms with Crippen molar-refractivity contribution in [1.29, 1.82) is 0 Å². The van der Waals surface area contributed by atoms with E-state index in [1.54, 1.807) is 6.07 Å². The zero-order chi connectivity index (χ0) is 14.8. The number of hydrogen-bond acceptors (Lipinski definition) is 4. The summed E-state index contributed by atoms with van der Waals surface area (Å²) < 4.78 is 26.9. The summed E-state index contributed by atoms with van der Waals surface area (Å²) in [4.78, 5) is 2.26. The Hall–Kier alpha value is -0.870. The molecule has 110 valence electrons. The molecule has 0 atom stereocenters. The Bertz CT molecular complexity index is 610. The molecule has 2 rings (SSSR count). The molecule has 20 heavy (non-hydrogen) atoms. The highest BCUT2D eigenvalue weighted by Gasteiger charge is 2.32. The summed E-state index contributed by atoms with van der Waals surface area (Å²) in [6, 6.07) is 1.77. The Morgan fingerprint density at radius 3 is 2.80 bits per heavy atom. The number of nitrogens with one attached hydrogen (secondary N) is 1. The number of terminal acetylenes is 1. The van der Waals surface area contributed by atoms with Crippen molar-refractivity contribution in [2.24, 2.45) is 5.92 Å². The van der Waals surface area contributed by atoms with E-state index >= 15 is 0 Å². The summed E-state index contributed by atoms with van der Waals surface area (Å²) in [6.45, 7) is 3.22. The zero-order valence-corrected chi connectivity index (χ0v) is 13.5. The van der Waals surface area contributed by atoms with E-state index in [1.165, 1.54) is 15.6 Å². The van der Waals surface area contributed by atoms with Gasteiger partial charge in [0.05, 0.1) is 11.4 Å². The molecular weight excluding hydrogens is 292 g/mol. The SMILES string of the molecule is C#CCN(CC1CC1)S(=O)(=O)c1cc(CNC)sc1C. The van der Waals surface area contributed by atoms with Crippen molar-refractivity contribution in [2.45, 2.75) is 31.2 Å². The van der Waals surface area contributed by atoms with Crippen LogP contribution in [0.5, 0.6) is 0 Å². The zero-order valence-electron chi connectivity index (χ0n) is 11.8. The molecule has 1 saturated carbocycles. The second-order valence-corrected chi connectivity index (χ2v) is 8.36. The summed E-state index contributed by atoms with van der Waals surface area (Å²) in [6.07, 6.45) is 7.53. The fourth-order valence-corrected chi connectivity index (χ4v) is 5.16. The highest BCUT2D eigenvalue weighted by atomic mass is 32.2. The summed E-state index contributed by atoms with van der Waals surface area (Å²) in [7, 11) is -1.62. The van der Waals surface area contributed by atoms with Gasteiger partial charge in [0.1, 0.15) is 0 Å². The molecule has 0 aliphatic heterocycles. The molecule has 0 bridgehead atoms. The van der Waals surface area contributed by atoms with Gasteiger partial charge in [-0.3, -0.25) is 0 Å². The van der Waals surface area contributed by atoms with E-state index in [0.717, 1.165) is 22.6 Å². The number of nitrogens with zero attached hydrogens (tertiary/aromatic N) is 1. The van der Waals surface area contributed by atoms with Gasteiger partial charge in [0, 0.05) is 22.8 Å². The van der Waals surface area contributed by atoms with Crippen molar-refractivity contribution in [3.05, 3.63) is 15.8 Å². The van der Waals surface area contributed by atoms with Gasteiger partial charge in [0.2, 0.25) is 10.0 Å². The fourth-order valence-electron chi connectivity index (χ4n) is 2.12. The van der Waals surface area contributed by atoms with Crippen LogP contribution in [0.1, 0.15) is 22.6 Å². The van der Waals surface area contributed by atoms with E-state index in [9.17, 15) is 8.42 Å². The van der Waals surface area contributed by atoms with Gasteiger partial charge in [-0.25, -0.2) is 8.42 Å². The Labute approximate surface area is 125 Å². The van der Waals surface area contributed by atoms with Crippen LogP contribution in [0.15, 0.2) is 11.0 Å². The van der Waals surface area contributed by atoms with Crippen LogP contribution < -0.4 is 5.32 Å². The molecule has 0 unspecified atom stereocenters. The molecule has 1 aromatic rings. The normalized spacial score (nSPS) is 15.5. The monoisotopic (exact) mass is 312 g/mol. The molecule has 0 amide bonds. The van der Waals surface area contributed by atoms with Crippen molar-refractivity contribution in [3.63, 3.8) is 0 Å². The topological polar surface area (TPSA) is 49.4 Å². The highest BCUT2D eigenvalue weighted by Crippen LogP contribution is 2.33. The van der Waals surface area contributed by atoms with E-state index in [-0.39, 0.29) is 6.54 Å². The molecule has 1 aliphatic rings. The largest absolute Gasteiger partial charge is 0.315 e. The van der Waals surface area contributed by atoms with E-state index in [1.807, 2.05) is 14.0 Å². The molecular formula is C14H20N2O2S2. The van der Waals surface area contributed by atoms with Crippen LogP contribution in [-0.4, -0.2) is 32.9 Å². The van der Waals surface area contributed by atoms with Crippen molar-refractivity contribution in [3.8, 4) is 12.3 Å². The van der Waals surface area contributed by atoms with Crippen molar-refractivity contribution in [2.75, 3.05) is 20.1 Å². The Balaban J connectivity index is 2.28. The number of sulfonamides is 1. The first-order valence-corrected chi connectivity index (χ1v) is 8.92. The lowest BCUT2D eigenvalue weighted by Gasteiger charge is -2.19. The predicted octanol–water partition coefficient (Wildman–Crippen LogP) is 1.81. The minimum Gasteiger partial charge on any atom is -0.315 e. The standard InChI is InChI=1S/C14H20N2O2S2/c1-4-7-16(10-12-5-6-12)20(17,18)14-8-13(9-15-3)19-11(14)2/h1,8,12,15H,5-7,9-10H2,2-3H3. The molecule has 1 fully saturated rings. The molecule has 4 nitrogen and oxygen atoms in total. The van der Waals surface area contributed by atoms with Gasteiger partial charge >= 0.3 is 0 Å². The molecule has 1 heterocycles. The first-order chi connectivity index (χ1) is 9.48. The smallest absolute Gasteiger partial charge is 0.245 e. The molecule has 0 aromatic carbocycles. The molecule has 0 radical (unpaired) electrons. The average Bonchev–Trinajstić information content (AvgIpc) is 3.12. The molecule has 0 saturated heterocycles. The number of thiophene rings is 1. The first-order valence-electron chi connectivity index (χ1n) is 6.66. The van der Waals surface area contributed by atoms with Gasteiger partial charge in [0.15, 0.2) is 0 Å². The van der Waals surface area contributed by atoms with Crippen LogP contribution in [0.2, 0.25) is 0 Å². The van der Waals surface area contributed by atoms with Gasteiger partial charge in [-0.05, 0) is 38.8 Å². The van der Waals surface area contributed by atoms with Crippen LogP contribution in [0.25, 0.3) is 0 Å². The average molecular weight is 312 g/mol. The van der Waals surface area contributed by atoms with Gasteiger partial charge in [-0.1, -0.05) is 5.92 Å². The van der Waals surface area contributed by atoms with Gasteiger partial charge in [-0.2, -0.15) is 4.31 Å². The summed E-state index contributed by atoms with van der Waals surface area (Å²) in [5.74, 6) is 2.95. The maximum atomic E-state index is 12.7. The lowest BCUT2D eigenvalue weighted by molar-refractivity contribution is 0.430. The molecule has 0 spiro atoms. The lowest BCUT2D eigenvalue weighted by Crippen LogP contribution is -2.33. The number of rotatable bonds is 7. The Morgan fingerprint density at radius 1 is 1.55 bits per heavy atom. The van der Waals surface area contributed by atoms with Crippen LogP contribution >= 0.6 is 11.3 Å². The molecule has 6 heteroatoms. The maximum Gasteiger partial charge on any atom is 0.245 e. The Kier molecular flexibility index (Phi) is 4.86. The van der Waals surface area contributed by atoms with Crippen LogP contribution in [0, 0.1) is 25.2 Å². The van der Waals surface area contributed by atoms with Crippen molar-refractivity contribution < 1.29 is 8.42 Å². The second kappa shape index (κ2) is 6.27. The van der Waals surface area contributed by atoms with Crippen molar-refractivity contribution >= 4 is 21.4 Å². The van der Waals surface area contributed by atoms with Crippen LogP contribution in [-0.2, 0) is 16.6 Å². The van der Waals surface area contributed by atoms with E-state index in [4.69, 9.17) is 6.42 Å². The summed E-state index contributed by atoms with van der Waals surface area (Å²) >= 11 is 1.52. The van der Waals surface area contributed by atoms with Gasteiger partial charge < -0.3 is 5.32 Å². The lowest BCUT2D eigenvalue weighted by atomic mass is 10.4. The predicted molar refractivity (Wildman–Crippen MR) is 82.1 cm³/mol. The summed E-state index contributed by atoms with van der Waals surface area (Å²) in [5, 5.41) is 3.04. The molecule has 1 N–H and O–H groups in total. The Morgan fingerprint density at radius 2 is 2.25 bits per heavy atom. The van der Waals surface area contributed by atoms with E-state index < -0.39 is 10.0 Å².